The molecule has 0 fully saturated rings. The van der Waals surface area contributed by atoms with Crippen LogP contribution in [0, 0.1) is 5.92 Å². The van der Waals surface area contributed by atoms with Crippen LogP contribution >= 0.6 is 0 Å². The van der Waals surface area contributed by atoms with Gasteiger partial charge >= 0.3 is 11.6 Å². The van der Waals surface area contributed by atoms with Gasteiger partial charge in [0.1, 0.15) is 23.4 Å². The van der Waals surface area contributed by atoms with Crippen molar-refractivity contribution in [1.82, 2.24) is 10.6 Å². The lowest BCUT2D eigenvalue weighted by Crippen LogP contribution is -2.53. The zero-order chi connectivity index (χ0) is 25.7. The van der Waals surface area contributed by atoms with Crippen molar-refractivity contribution in [2.24, 2.45) is 5.92 Å². The van der Waals surface area contributed by atoms with Gasteiger partial charge in [-0.25, -0.2) is 9.59 Å². The Balaban J connectivity index is 1.71. The Morgan fingerprint density at radius 1 is 0.914 bits per heavy atom. The Morgan fingerprint density at radius 3 is 2.23 bits per heavy atom. The summed E-state index contributed by atoms with van der Waals surface area (Å²) in [6, 6.07) is 13.7. The van der Waals surface area contributed by atoms with Crippen molar-refractivity contribution < 1.29 is 28.6 Å². The third-order valence-electron chi connectivity index (χ3n) is 5.47. The molecule has 0 spiro atoms. The van der Waals surface area contributed by atoms with E-state index in [0.717, 1.165) is 11.1 Å². The summed E-state index contributed by atoms with van der Waals surface area (Å²) in [6.45, 7) is 6.31. The van der Waals surface area contributed by atoms with E-state index in [0.29, 0.717) is 16.7 Å². The molecule has 3 rings (SSSR count). The van der Waals surface area contributed by atoms with Crippen LogP contribution in [0.1, 0.15) is 27.7 Å². The van der Waals surface area contributed by atoms with E-state index in [9.17, 15) is 24.3 Å². The monoisotopic (exact) mass is 480 g/mol. The van der Waals surface area contributed by atoms with Gasteiger partial charge in [-0.05, 0) is 43.0 Å². The fraction of sp³-hybridized carbons (Fsp3) is 0.308. The van der Waals surface area contributed by atoms with Crippen LogP contribution in [0.25, 0.3) is 22.1 Å². The lowest BCUT2D eigenvalue weighted by atomic mass is 10.0. The summed E-state index contributed by atoms with van der Waals surface area (Å²) in [7, 11) is 0. The minimum atomic E-state index is -1.15. The Morgan fingerprint density at radius 2 is 1.60 bits per heavy atom. The minimum Gasteiger partial charge on any atom is -0.481 e. The molecule has 0 saturated carbocycles. The van der Waals surface area contributed by atoms with Crippen molar-refractivity contribution in [3.8, 4) is 16.9 Å². The highest BCUT2D eigenvalue weighted by atomic mass is 16.5. The number of aliphatic carboxylic acids is 1. The van der Waals surface area contributed by atoms with Crippen molar-refractivity contribution in [3.63, 3.8) is 0 Å². The Labute approximate surface area is 202 Å². The number of carboxylic acid groups (broad SMARTS) is 1. The average Bonchev–Trinajstić information content (AvgIpc) is 2.81. The van der Waals surface area contributed by atoms with Gasteiger partial charge in [0.15, 0.2) is 6.10 Å². The van der Waals surface area contributed by atoms with Crippen LogP contribution in [0.5, 0.6) is 5.75 Å². The quantitative estimate of drug-likeness (QED) is 0.401. The first-order valence-corrected chi connectivity index (χ1v) is 11.2. The van der Waals surface area contributed by atoms with Crippen molar-refractivity contribution in [2.75, 3.05) is 0 Å². The predicted octanol–water partition coefficient (Wildman–Crippen LogP) is 2.96. The van der Waals surface area contributed by atoms with Crippen molar-refractivity contribution >= 4 is 28.8 Å². The van der Waals surface area contributed by atoms with Crippen LogP contribution < -0.4 is 21.0 Å². The molecule has 0 radical (unpaired) electrons. The molecule has 9 nitrogen and oxygen atoms in total. The second-order valence-electron chi connectivity index (χ2n) is 8.56. The highest BCUT2D eigenvalue weighted by Gasteiger charge is 2.27. The minimum absolute atomic E-state index is 0.302. The fourth-order valence-corrected chi connectivity index (χ4v) is 3.52. The molecule has 0 unspecified atom stereocenters. The molecule has 184 valence electrons. The number of benzene rings is 2. The summed E-state index contributed by atoms with van der Waals surface area (Å²) in [6.07, 6.45) is -0.980. The molecule has 2 aromatic carbocycles. The number of amides is 2. The van der Waals surface area contributed by atoms with E-state index in [2.05, 4.69) is 10.6 Å². The van der Waals surface area contributed by atoms with Crippen LogP contribution in [0.4, 0.5) is 0 Å². The van der Waals surface area contributed by atoms with Crippen molar-refractivity contribution in [3.05, 3.63) is 65.0 Å². The molecule has 3 aromatic rings. The van der Waals surface area contributed by atoms with E-state index in [1.165, 1.54) is 26.0 Å². The Kier molecular flexibility index (Phi) is 7.91. The van der Waals surface area contributed by atoms with Crippen LogP contribution in [-0.2, 0) is 14.4 Å². The molecule has 3 N–H and O–H groups in total. The van der Waals surface area contributed by atoms with Crippen LogP contribution in [0.3, 0.4) is 0 Å². The molecule has 2 amide bonds. The van der Waals surface area contributed by atoms with Crippen LogP contribution in [-0.4, -0.2) is 41.1 Å². The standard InChI is InChI=1S/C26H28N2O7/c1-14(2)23(26(32)33)28-24(30)15(3)27-25(31)16(4)34-18-10-11-19-20(17-8-6-5-7-9-17)13-22(29)35-21(19)12-18/h5-16,23H,1-4H3,(H,27,31)(H,28,30)(H,32,33)/t15-,16+,23-/m0/s1. The second kappa shape index (κ2) is 10.9. The molecule has 1 heterocycles. The van der Waals surface area contributed by atoms with E-state index in [-0.39, 0.29) is 5.92 Å². The Bertz CT molecular complexity index is 1280. The van der Waals surface area contributed by atoms with Gasteiger partial charge < -0.3 is 24.9 Å². The number of ether oxygens (including phenoxy) is 1. The summed E-state index contributed by atoms with van der Waals surface area (Å²) < 4.78 is 11.0. The molecule has 0 saturated heterocycles. The zero-order valence-electron chi connectivity index (χ0n) is 19.9. The smallest absolute Gasteiger partial charge is 0.336 e. The van der Waals surface area contributed by atoms with E-state index >= 15 is 0 Å². The van der Waals surface area contributed by atoms with E-state index in [1.54, 1.807) is 26.0 Å². The van der Waals surface area contributed by atoms with E-state index in [1.807, 2.05) is 30.3 Å². The first-order valence-electron chi connectivity index (χ1n) is 11.2. The van der Waals surface area contributed by atoms with Gasteiger partial charge in [0.05, 0.1) is 0 Å². The van der Waals surface area contributed by atoms with Gasteiger partial charge in [0.2, 0.25) is 5.91 Å². The molecular weight excluding hydrogens is 452 g/mol. The maximum atomic E-state index is 12.6. The molecule has 1 aromatic heterocycles. The van der Waals surface area contributed by atoms with Gasteiger partial charge in [-0.2, -0.15) is 0 Å². The topological polar surface area (TPSA) is 135 Å². The number of carboxylic acids is 1. The van der Waals surface area contributed by atoms with Crippen LogP contribution in [0.15, 0.2) is 63.8 Å². The summed E-state index contributed by atoms with van der Waals surface area (Å²) in [5, 5.41) is 14.9. The summed E-state index contributed by atoms with van der Waals surface area (Å²) in [5.74, 6) is -2.36. The molecule has 0 bridgehead atoms. The number of rotatable bonds is 9. The second-order valence-corrected chi connectivity index (χ2v) is 8.56. The third kappa shape index (κ3) is 6.26. The fourth-order valence-electron chi connectivity index (χ4n) is 3.52. The first-order chi connectivity index (χ1) is 16.6. The number of carbonyl (C=O) groups excluding carboxylic acids is 2. The van der Waals surface area contributed by atoms with E-state index < -0.39 is 41.6 Å². The Hall–Kier alpha value is -4.14. The van der Waals surface area contributed by atoms with Gasteiger partial charge in [0, 0.05) is 17.5 Å². The molecular formula is C26H28N2O7. The summed E-state index contributed by atoms with van der Waals surface area (Å²) >= 11 is 0. The summed E-state index contributed by atoms with van der Waals surface area (Å²) in [4.78, 5) is 48.3. The largest absolute Gasteiger partial charge is 0.481 e. The van der Waals surface area contributed by atoms with E-state index in [4.69, 9.17) is 9.15 Å². The number of hydrogen-bond donors (Lipinski definition) is 3. The molecule has 9 heteroatoms. The maximum absolute atomic E-state index is 12.6. The van der Waals surface area contributed by atoms with Gasteiger partial charge in [-0.1, -0.05) is 44.2 Å². The van der Waals surface area contributed by atoms with Crippen molar-refractivity contribution in [2.45, 2.75) is 45.9 Å². The van der Waals surface area contributed by atoms with Crippen LogP contribution in [0.2, 0.25) is 0 Å². The zero-order valence-corrected chi connectivity index (χ0v) is 19.9. The van der Waals surface area contributed by atoms with Gasteiger partial charge in [-0.3, -0.25) is 9.59 Å². The number of carbonyl (C=O) groups is 3. The molecule has 3 atom stereocenters. The number of fused-ring (bicyclic) bond motifs is 1. The number of hydrogen-bond acceptors (Lipinski definition) is 6. The lowest BCUT2D eigenvalue weighted by molar-refractivity contribution is -0.143. The van der Waals surface area contributed by atoms with Crippen molar-refractivity contribution in [1.29, 1.82) is 0 Å². The lowest BCUT2D eigenvalue weighted by Gasteiger charge is -2.22. The SMILES string of the molecule is CC(C)[C@H](NC(=O)[C@H](C)NC(=O)[C@@H](C)Oc1ccc2c(-c3ccccc3)cc(=O)oc2c1)C(=O)O. The molecule has 0 aliphatic carbocycles. The highest BCUT2D eigenvalue weighted by Crippen LogP contribution is 2.29. The normalized spacial score (nSPS) is 13.6. The van der Waals surface area contributed by atoms with Gasteiger partial charge in [-0.15, -0.1) is 0 Å². The highest BCUT2D eigenvalue weighted by molar-refractivity contribution is 5.94. The maximum Gasteiger partial charge on any atom is 0.336 e. The van der Waals surface area contributed by atoms with Gasteiger partial charge in [0.25, 0.3) is 5.91 Å². The average molecular weight is 481 g/mol. The predicted molar refractivity (Wildman–Crippen MR) is 130 cm³/mol. The molecule has 0 aliphatic rings. The molecule has 0 aliphatic heterocycles. The molecule has 35 heavy (non-hydrogen) atoms. The first kappa shape index (κ1) is 25.5. The summed E-state index contributed by atoms with van der Waals surface area (Å²) in [5.41, 5.74) is 1.37. The third-order valence-corrected chi connectivity index (χ3v) is 5.47. The number of nitrogens with one attached hydrogen (secondary N) is 2.